The van der Waals surface area contributed by atoms with Gasteiger partial charge >= 0.3 is 0 Å². The summed E-state index contributed by atoms with van der Waals surface area (Å²) in [6.45, 7) is 4.91. The largest absolute Gasteiger partial charge is 0.369 e. The van der Waals surface area contributed by atoms with Crippen LogP contribution in [0.5, 0.6) is 0 Å². The van der Waals surface area contributed by atoms with E-state index in [2.05, 4.69) is 24.9 Å². The van der Waals surface area contributed by atoms with Crippen LogP contribution in [0.25, 0.3) is 0 Å². The molecule has 14 heteroatoms. The highest BCUT2D eigenvalue weighted by Gasteiger charge is 2.27. The highest BCUT2D eigenvalue weighted by molar-refractivity contribution is 7.89. The van der Waals surface area contributed by atoms with E-state index in [-0.39, 0.29) is 18.7 Å². The Balaban J connectivity index is 1.69. The van der Waals surface area contributed by atoms with Crippen molar-refractivity contribution >= 4 is 33.0 Å². The first-order valence-corrected chi connectivity index (χ1v) is 11.3. The molecule has 0 radical (unpaired) electrons. The zero-order valence-corrected chi connectivity index (χ0v) is 18.4. The average molecular weight is 465 g/mol. The molecule has 0 saturated carbocycles. The van der Waals surface area contributed by atoms with Crippen molar-refractivity contribution < 1.29 is 18.3 Å². The second-order valence-electron chi connectivity index (χ2n) is 7.28. The Hall–Kier alpha value is -3.39. The molecule has 0 amide bonds. The molecule has 32 heavy (non-hydrogen) atoms. The minimum absolute atomic E-state index is 0.0695. The molecule has 2 aromatic rings. The van der Waals surface area contributed by atoms with Crippen molar-refractivity contribution in [3.8, 4) is 0 Å². The van der Waals surface area contributed by atoms with Crippen molar-refractivity contribution in [2.75, 3.05) is 36.4 Å². The molecule has 0 bridgehead atoms. The van der Waals surface area contributed by atoms with Crippen LogP contribution in [0.4, 0.5) is 23.0 Å². The number of aromatic nitrogens is 2. The number of hydrogen-bond donors (Lipinski definition) is 2. The summed E-state index contributed by atoms with van der Waals surface area (Å²) in [6.07, 6.45) is 2.20. The van der Waals surface area contributed by atoms with Gasteiger partial charge in [-0.3, -0.25) is 20.2 Å². The van der Waals surface area contributed by atoms with E-state index in [4.69, 9.17) is 0 Å². The maximum Gasteiger partial charge on any atom is 0.280 e. The van der Waals surface area contributed by atoms with Gasteiger partial charge in [0.05, 0.1) is 14.7 Å². The van der Waals surface area contributed by atoms with Gasteiger partial charge in [-0.25, -0.2) is 23.1 Å². The van der Waals surface area contributed by atoms with E-state index in [0.717, 1.165) is 43.9 Å². The van der Waals surface area contributed by atoms with Crippen molar-refractivity contribution in [3.05, 3.63) is 49.8 Å². The number of benzene rings is 1. The Bertz CT molecular complexity index is 1110. The number of nitro benzene ring substituents is 2. The number of nitrogens with zero attached hydrogens (tertiary/aromatic N) is 5. The van der Waals surface area contributed by atoms with Crippen LogP contribution in [0.3, 0.4) is 0 Å². The molecule has 1 aliphatic heterocycles. The second kappa shape index (κ2) is 9.40. The first-order valence-electron chi connectivity index (χ1n) is 9.86. The first kappa shape index (κ1) is 23.3. The number of nitrogens with one attached hydrogen (secondary N) is 2. The number of aryl methyl sites for hydroxylation is 1. The number of nitro groups is 2. The van der Waals surface area contributed by atoms with Crippen molar-refractivity contribution in [2.24, 2.45) is 0 Å². The average Bonchev–Trinajstić information content (AvgIpc) is 3.25. The predicted octanol–water partition coefficient (Wildman–Crippen LogP) is 1.90. The molecule has 1 aromatic carbocycles. The van der Waals surface area contributed by atoms with Gasteiger partial charge in [-0.2, -0.15) is 0 Å². The predicted molar refractivity (Wildman–Crippen MR) is 116 cm³/mol. The van der Waals surface area contributed by atoms with E-state index in [1.54, 1.807) is 13.0 Å². The van der Waals surface area contributed by atoms with Crippen LogP contribution in [0.2, 0.25) is 0 Å². The molecular formula is C18H23N7O6S. The van der Waals surface area contributed by atoms with Crippen LogP contribution in [-0.2, 0) is 10.0 Å². The van der Waals surface area contributed by atoms with Crippen LogP contribution in [0.1, 0.15) is 24.2 Å². The number of anilines is 2. The second-order valence-corrected chi connectivity index (χ2v) is 9.05. The monoisotopic (exact) mass is 465 g/mol. The Morgan fingerprint density at radius 2 is 1.59 bits per heavy atom. The summed E-state index contributed by atoms with van der Waals surface area (Å²) >= 11 is 0. The normalized spacial score (nSPS) is 13.9. The Morgan fingerprint density at radius 3 is 2.16 bits per heavy atom. The molecule has 2 N–H and O–H groups in total. The quantitative estimate of drug-likeness (QED) is 0.316. The van der Waals surface area contributed by atoms with Gasteiger partial charge in [-0.05, 0) is 26.7 Å². The van der Waals surface area contributed by atoms with Gasteiger partial charge in [0.25, 0.3) is 11.4 Å². The zero-order chi connectivity index (χ0) is 23.5. The SMILES string of the molecule is Cc1nc(NCCNS(=O)(=O)c2cc([N+](=O)[O-])c(C)c([N+](=O)[O-])c2)cc(N2CCCC2)n1. The molecule has 13 nitrogen and oxygen atoms in total. The fraction of sp³-hybridized carbons (Fsp3) is 0.444. The van der Waals surface area contributed by atoms with Gasteiger partial charge < -0.3 is 10.2 Å². The maximum atomic E-state index is 12.6. The standard InChI is InChI=1S/C18H23N7O6S/c1-12-15(24(26)27)9-14(10-16(12)25(28)29)32(30,31)20-6-5-19-17-11-18(22-13(2)21-17)23-7-3-4-8-23/h9-11,20H,3-8H2,1-2H3,(H,19,21,22). The van der Waals surface area contributed by atoms with Gasteiger partial charge in [-0.1, -0.05) is 0 Å². The molecule has 1 saturated heterocycles. The zero-order valence-electron chi connectivity index (χ0n) is 17.6. The van der Waals surface area contributed by atoms with Crippen LogP contribution in [-0.4, -0.2) is 54.4 Å². The first-order chi connectivity index (χ1) is 15.1. The highest BCUT2D eigenvalue weighted by Crippen LogP contribution is 2.31. The van der Waals surface area contributed by atoms with Crippen LogP contribution in [0.15, 0.2) is 23.1 Å². The third-order valence-electron chi connectivity index (χ3n) is 5.01. The van der Waals surface area contributed by atoms with Gasteiger partial charge in [0.2, 0.25) is 10.0 Å². The molecule has 1 aromatic heterocycles. The lowest BCUT2D eigenvalue weighted by molar-refractivity contribution is -0.395. The number of hydrogen-bond acceptors (Lipinski definition) is 10. The van der Waals surface area contributed by atoms with E-state index in [9.17, 15) is 28.6 Å². The third-order valence-corrected chi connectivity index (χ3v) is 6.45. The molecule has 1 fully saturated rings. The highest BCUT2D eigenvalue weighted by atomic mass is 32.2. The van der Waals surface area contributed by atoms with E-state index in [0.29, 0.717) is 11.6 Å². The number of rotatable bonds is 9. The van der Waals surface area contributed by atoms with Crippen LogP contribution < -0.4 is 14.9 Å². The molecule has 0 aliphatic carbocycles. The van der Waals surface area contributed by atoms with E-state index in [1.807, 2.05) is 0 Å². The fourth-order valence-electron chi connectivity index (χ4n) is 3.40. The Morgan fingerprint density at radius 1 is 1.00 bits per heavy atom. The van der Waals surface area contributed by atoms with Crippen LogP contribution >= 0.6 is 0 Å². The van der Waals surface area contributed by atoms with Gasteiger partial charge in [0.1, 0.15) is 23.0 Å². The van der Waals surface area contributed by atoms with Gasteiger partial charge in [0, 0.05) is 44.4 Å². The lowest BCUT2D eigenvalue weighted by atomic mass is 10.1. The summed E-state index contributed by atoms with van der Waals surface area (Å²) in [6, 6.07) is 3.42. The fourth-order valence-corrected chi connectivity index (χ4v) is 4.47. The van der Waals surface area contributed by atoms with Crippen molar-refractivity contribution in [3.63, 3.8) is 0 Å². The number of sulfonamides is 1. The third kappa shape index (κ3) is 5.26. The summed E-state index contributed by atoms with van der Waals surface area (Å²) in [5, 5.41) is 25.4. The van der Waals surface area contributed by atoms with E-state index < -0.39 is 36.1 Å². The maximum absolute atomic E-state index is 12.6. The minimum atomic E-state index is -4.21. The Labute approximate surface area is 184 Å². The smallest absolute Gasteiger partial charge is 0.280 e. The van der Waals surface area contributed by atoms with Crippen molar-refractivity contribution in [2.45, 2.75) is 31.6 Å². The van der Waals surface area contributed by atoms with Gasteiger partial charge in [0.15, 0.2) is 0 Å². The molecule has 0 unspecified atom stereocenters. The molecule has 1 aliphatic rings. The summed E-state index contributed by atoms with van der Waals surface area (Å²) < 4.78 is 27.4. The topological polar surface area (TPSA) is 174 Å². The van der Waals surface area contributed by atoms with Gasteiger partial charge in [-0.15, -0.1) is 0 Å². The van der Waals surface area contributed by atoms with E-state index in [1.165, 1.54) is 6.92 Å². The van der Waals surface area contributed by atoms with Crippen molar-refractivity contribution in [1.29, 1.82) is 0 Å². The molecule has 172 valence electrons. The van der Waals surface area contributed by atoms with Crippen molar-refractivity contribution in [1.82, 2.24) is 14.7 Å². The Kier molecular flexibility index (Phi) is 6.84. The minimum Gasteiger partial charge on any atom is -0.369 e. The lowest BCUT2D eigenvalue weighted by Crippen LogP contribution is -2.29. The molecule has 0 atom stereocenters. The summed E-state index contributed by atoms with van der Waals surface area (Å²) in [7, 11) is -4.21. The summed E-state index contributed by atoms with van der Waals surface area (Å²) in [4.78, 5) is 31.0. The molecular weight excluding hydrogens is 442 g/mol. The molecule has 3 rings (SSSR count). The van der Waals surface area contributed by atoms with Crippen LogP contribution in [0, 0.1) is 34.1 Å². The molecule has 0 spiro atoms. The molecule has 2 heterocycles. The lowest BCUT2D eigenvalue weighted by Gasteiger charge is -2.17. The van der Waals surface area contributed by atoms with E-state index >= 15 is 0 Å². The summed E-state index contributed by atoms with van der Waals surface area (Å²) in [5.41, 5.74) is -1.49. The summed E-state index contributed by atoms with van der Waals surface area (Å²) in [5.74, 6) is 1.93.